The van der Waals surface area contributed by atoms with Gasteiger partial charge in [-0.25, -0.2) is 9.48 Å². The van der Waals surface area contributed by atoms with E-state index < -0.39 is 18.1 Å². The molecule has 0 saturated carbocycles. The molecule has 1 atom stereocenters. The number of benzene rings is 2. The summed E-state index contributed by atoms with van der Waals surface area (Å²) in [6, 6.07) is 12.5. The van der Waals surface area contributed by atoms with Gasteiger partial charge in [0, 0.05) is 31.7 Å². The number of urea groups is 1. The van der Waals surface area contributed by atoms with E-state index >= 15 is 0 Å². The van der Waals surface area contributed by atoms with Gasteiger partial charge in [-0.2, -0.15) is 0 Å². The van der Waals surface area contributed by atoms with Gasteiger partial charge in [0.2, 0.25) is 5.88 Å². The first kappa shape index (κ1) is 27.8. The van der Waals surface area contributed by atoms with Crippen LogP contribution in [0.15, 0.2) is 48.5 Å². The third-order valence-electron chi connectivity index (χ3n) is 5.23. The smallest absolute Gasteiger partial charge is 0.476 e. The number of ether oxygens (including phenoxy) is 3. The average Bonchev–Trinajstić information content (AvgIpc) is 3.17. The maximum atomic E-state index is 12.9. The van der Waals surface area contributed by atoms with Crippen molar-refractivity contribution in [1.82, 2.24) is 15.1 Å². The van der Waals surface area contributed by atoms with E-state index in [0.717, 1.165) is 0 Å². The summed E-state index contributed by atoms with van der Waals surface area (Å²) in [4.78, 5) is 12.8. The number of aliphatic hydroxyl groups is 1. The molecule has 0 bridgehead atoms. The summed E-state index contributed by atoms with van der Waals surface area (Å²) in [6.07, 6.45) is -4.89. The average molecular weight is 523 g/mol. The van der Waals surface area contributed by atoms with Crippen LogP contribution in [-0.2, 0) is 17.9 Å². The van der Waals surface area contributed by atoms with Crippen LogP contribution in [0.5, 0.6) is 11.6 Å². The van der Waals surface area contributed by atoms with Gasteiger partial charge in [0.1, 0.15) is 11.6 Å². The van der Waals surface area contributed by atoms with Crippen molar-refractivity contribution in [3.63, 3.8) is 0 Å². The standard InChI is InChI=1S/C25H29F3N4O5/c1-16(13-33)14-36-23-17(2)22(32(31-23)20-7-5-4-6-8-20)30-24(34)29-12-19-11-18(15-35-3)9-10-21(19)37-25(26,27)28/h4-11,16,33H,12-15H2,1-3H3,(H2,29,30,34). The van der Waals surface area contributed by atoms with Gasteiger partial charge in [-0.3, -0.25) is 5.32 Å². The molecule has 0 radical (unpaired) electrons. The van der Waals surface area contributed by atoms with Gasteiger partial charge < -0.3 is 24.6 Å². The topological polar surface area (TPSA) is 107 Å². The summed E-state index contributed by atoms with van der Waals surface area (Å²) in [5, 5.41) is 19.0. The molecule has 0 fully saturated rings. The summed E-state index contributed by atoms with van der Waals surface area (Å²) >= 11 is 0. The molecule has 200 valence electrons. The van der Waals surface area contributed by atoms with E-state index in [1.165, 1.54) is 30.0 Å². The molecule has 0 spiro atoms. The summed E-state index contributed by atoms with van der Waals surface area (Å²) in [5.41, 5.74) is 1.93. The number of amides is 2. The van der Waals surface area contributed by atoms with Gasteiger partial charge in [0.25, 0.3) is 0 Å². The number of anilines is 1. The van der Waals surface area contributed by atoms with Crippen molar-refractivity contribution in [3.05, 3.63) is 65.2 Å². The van der Waals surface area contributed by atoms with Gasteiger partial charge in [-0.05, 0) is 36.8 Å². The number of carbonyl (C=O) groups is 1. The van der Waals surface area contributed by atoms with Gasteiger partial charge in [0.15, 0.2) is 0 Å². The Kier molecular flexibility index (Phi) is 9.36. The quantitative estimate of drug-likeness (QED) is 0.341. The molecule has 1 unspecified atom stereocenters. The van der Waals surface area contributed by atoms with Crippen molar-refractivity contribution in [2.75, 3.05) is 25.6 Å². The molecule has 1 heterocycles. The van der Waals surface area contributed by atoms with Gasteiger partial charge in [0.05, 0.1) is 24.5 Å². The van der Waals surface area contributed by atoms with E-state index in [9.17, 15) is 23.1 Å². The number of carbonyl (C=O) groups excluding carboxylic acids is 1. The van der Waals surface area contributed by atoms with Crippen LogP contribution in [0.25, 0.3) is 5.69 Å². The number of nitrogens with zero attached hydrogens (tertiary/aromatic N) is 2. The minimum atomic E-state index is -4.89. The highest BCUT2D eigenvalue weighted by Gasteiger charge is 2.32. The number of alkyl halides is 3. The number of aliphatic hydroxyl groups excluding tert-OH is 1. The van der Waals surface area contributed by atoms with Crippen molar-refractivity contribution in [1.29, 1.82) is 0 Å². The first-order chi connectivity index (χ1) is 17.6. The summed E-state index contributed by atoms with van der Waals surface area (Å²) in [7, 11) is 1.46. The lowest BCUT2D eigenvalue weighted by Gasteiger charge is -2.16. The second kappa shape index (κ2) is 12.5. The van der Waals surface area contributed by atoms with Gasteiger partial charge >= 0.3 is 12.4 Å². The molecular formula is C25H29F3N4O5. The molecule has 12 heteroatoms. The number of aromatic nitrogens is 2. The van der Waals surface area contributed by atoms with E-state index in [4.69, 9.17) is 9.47 Å². The molecule has 0 aliphatic rings. The van der Waals surface area contributed by atoms with Crippen LogP contribution in [0.4, 0.5) is 23.8 Å². The minimum Gasteiger partial charge on any atom is -0.476 e. The number of rotatable bonds is 11. The van der Waals surface area contributed by atoms with Crippen LogP contribution >= 0.6 is 0 Å². The lowest BCUT2D eigenvalue weighted by atomic mass is 10.1. The zero-order valence-corrected chi connectivity index (χ0v) is 20.6. The van der Waals surface area contributed by atoms with Crippen LogP contribution in [0.1, 0.15) is 23.6 Å². The predicted octanol–water partition coefficient (Wildman–Crippen LogP) is 4.55. The van der Waals surface area contributed by atoms with E-state index in [0.29, 0.717) is 22.6 Å². The number of hydrogen-bond donors (Lipinski definition) is 3. The molecule has 1 aromatic heterocycles. The molecule has 3 rings (SSSR count). The Balaban J connectivity index is 1.81. The zero-order valence-electron chi connectivity index (χ0n) is 20.6. The lowest BCUT2D eigenvalue weighted by Crippen LogP contribution is -2.30. The number of hydrogen-bond acceptors (Lipinski definition) is 6. The highest BCUT2D eigenvalue weighted by molar-refractivity contribution is 5.89. The van der Waals surface area contributed by atoms with Crippen molar-refractivity contribution in [2.24, 2.45) is 5.92 Å². The monoisotopic (exact) mass is 522 g/mol. The Hall–Kier alpha value is -3.77. The number of nitrogens with one attached hydrogen (secondary N) is 2. The molecule has 0 saturated heterocycles. The van der Waals surface area contributed by atoms with Gasteiger partial charge in [-0.1, -0.05) is 31.2 Å². The molecule has 3 N–H and O–H groups in total. The molecule has 0 aliphatic heterocycles. The second-order valence-corrected chi connectivity index (χ2v) is 8.36. The SMILES string of the molecule is COCc1ccc(OC(F)(F)F)c(CNC(=O)Nc2c(C)c(OCC(C)CO)nn2-c2ccccc2)c1. The van der Waals surface area contributed by atoms with Crippen LogP contribution in [0, 0.1) is 12.8 Å². The van der Waals surface area contributed by atoms with E-state index in [2.05, 4.69) is 20.5 Å². The lowest BCUT2D eigenvalue weighted by molar-refractivity contribution is -0.274. The fourth-order valence-electron chi connectivity index (χ4n) is 3.37. The van der Waals surface area contributed by atoms with Crippen LogP contribution in [0.3, 0.4) is 0 Å². The number of para-hydroxylation sites is 1. The van der Waals surface area contributed by atoms with Crippen molar-refractivity contribution >= 4 is 11.8 Å². The molecule has 3 aromatic rings. The molecule has 2 amide bonds. The van der Waals surface area contributed by atoms with Crippen molar-refractivity contribution in [3.8, 4) is 17.3 Å². The Bertz CT molecular complexity index is 1190. The Morgan fingerprint density at radius 1 is 1.19 bits per heavy atom. The maximum Gasteiger partial charge on any atom is 0.573 e. The van der Waals surface area contributed by atoms with E-state index in [-0.39, 0.29) is 43.7 Å². The Morgan fingerprint density at radius 3 is 2.57 bits per heavy atom. The number of methoxy groups -OCH3 is 1. The third kappa shape index (κ3) is 7.86. The highest BCUT2D eigenvalue weighted by atomic mass is 19.4. The first-order valence-electron chi connectivity index (χ1n) is 11.4. The van der Waals surface area contributed by atoms with Crippen molar-refractivity contribution in [2.45, 2.75) is 33.4 Å². The second-order valence-electron chi connectivity index (χ2n) is 8.36. The molecule has 9 nitrogen and oxygen atoms in total. The summed E-state index contributed by atoms with van der Waals surface area (Å²) in [5.74, 6) is 0.0395. The summed E-state index contributed by atoms with van der Waals surface area (Å²) < 4.78 is 55.0. The summed E-state index contributed by atoms with van der Waals surface area (Å²) in [6.45, 7) is 3.62. The van der Waals surface area contributed by atoms with Crippen molar-refractivity contribution < 1.29 is 37.3 Å². The highest BCUT2D eigenvalue weighted by Crippen LogP contribution is 2.30. The maximum absolute atomic E-state index is 12.9. The molecule has 37 heavy (non-hydrogen) atoms. The zero-order chi connectivity index (χ0) is 27.0. The van der Waals surface area contributed by atoms with Crippen LogP contribution in [0.2, 0.25) is 0 Å². The predicted molar refractivity (Wildman–Crippen MR) is 130 cm³/mol. The fourth-order valence-corrected chi connectivity index (χ4v) is 3.37. The fraction of sp³-hybridized carbons (Fsp3) is 0.360. The normalized spacial score (nSPS) is 12.2. The first-order valence-corrected chi connectivity index (χ1v) is 11.4. The molecule has 2 aromatic carbocycles. The number of halogens is 3. The minimum absolute atomic E-state index is 0.0580. The largest absolute Gasteiger partial charge is 0.573 e. The van der Waals surface area contributed by atoms with E-state index in [1.807, 2.05) is 13.0 Å². The molecular weight excluding hydrogens is 493 g/mol. The Labute approximate surface area is 212 Å². The van der Waals surface area contributed by atoms with Crippen LogP contribution in [-0.4, -0.2) is 47.6 Å². The van der Waals surface area contributed by atoms with Crippen LogP contribution < -0.4 is 20.1 Å². The third-order valence-corrected chi connectivity index (χ3v) is 5.23. The molecule has 0 aliphatic carbocycles. The van der Waals surface area contributed by atoms with Gasteiger partial charge in [-0.15, -0.1) is 18.3 Å². The Morgan fingerprint density at radius 2 is 1.92 bits per heavy atom. The van der Waals surface area contributed by atoms with E-state index in [1.54, 1.807) is 31.2 Å².